The summed E-state index contributed by atoms with van der Waals surface area (Å²) in [5.41, 5.74) is 1.11. The van der Waals surface area contributed by atoms with Gasteiger partial charge in [-0.2, -0.15) is 0 Å². The molecule has 2 aromatic heterocycles. The van der Waals surface area contributed by atoms with Crippen molar-refractivity contribution in [3.63, 3.8) is 0 Å². The number of rotatable bonds is 2. The number of imidazole rings is 1. The third-order valence-corrected chi connectivity index (χ3v) is 5.10. The molecule has 0 bridgehead atoms. The van der Waals surface area contributed by atoms with Gasteiger partial charge in [0.15, 0.2) is 0 Å². The molecule has 3 rings (SSSR count). The fraction of sp³-hybridized carbons (Fsp3) is 0.429. The Hall–Kier alpha value is -1.93. The molecule has 22 heavy (non-hydrogen) atoms. The lowest BCUT2D eigenvalue weighted by Gasteiger charge is -2.20. The summed E-state index contributed by atoms with van der Waals surface area (Å²) in [4.78, 5) is 18.6. The van der Waals surface area contributed by atoms with E-state index in [0.29, 0.717) is 38.3 Å². The minimum atomic E-state index is -3.21. The van der Waals surface area contributed by atoms with Crippen molar-refractivity contribution in [2.75, 3.05) is 32.4 Å². The smallest absolute Gasteiger partial charge is 0.274 e. The molecule has 1 aliphatic rings. The first-order valence-corrected chi connectivity index (χ1v) is 8.98. The molecule has 1 saturated heterocycles. The van der Waals surface area contributed by atoms with Crippen molar-refractivity contribution in [2.45, 2.75) is 6.42 Å². The van der Waals surface area contributed by atoms with Crippen LogP contribution in [0.3, 0.4) is 0 Å². The number of hydrogen-bond donors (Lipinski definition) is 0. The molecule has 1 amide bonds. The first-order valence-electron chi connectivity index (χ1n) is 7.13. The van der Waals surface area contributed by atoms with Crippen molar-refractivity contribution in [3.8, 4) is 0 Å². The van der Waals surface area contributed by atoms with E-state index in [1.165, 1.54) is 10.6 Å². The van der Waals surface area contributed by atoms with E-state index in [2.05, 4.69) is 4.98 Å². The summed E-state index contributed by atoms with van der Waals surface area (Å²) < 4.78 is 26.4. The normalized spacial score (nSPS) is 17.6. The fourth-order valence-corrected chi connectivity index (χ4v) is 3.50. The number of hydrogen-bond acceptors (Lipinski definition) is 4. The summed E-state index contributed by atoms with van der Waals surface area (Å²) in [5.74, 6) is -0.154. The van der Waals surface area contributed by atoms with Crippen molar-refractivity contribution in [1.29, 1.82) is 0 Å². The lowest BCUT2D eigenvalue weighted by atomic mass is 10.3. The van der Waals surface area contributed by atoms with Crippen LogP contribution in [0.1, 0.15) is 16.9 Å². The van der Waals surface area contributed by atoms with Crippen LogP contribution >= 0.6 is 0 Å². The molecule has 0 radical (unpaired) electrons. The van der Waals surface area contributed by atoms with Crippen molar-refractivity contribution in [2.24, 2.45) is 0 Å². The summed E-state index contributed by atoms with van der Waals surface area (Å²) in [7, 11) is -3.21. The molecule has 0 unspecified atom stereocenters. The molecule has 1 fully saturated rings. The van der Waals surface area contributed by atoms with E-state index >= 15 is 0 Å². The molecule has 1 aliphatic heterocycles. The highest BCUT2D eigenvalue weighted by Crippen LogP contribution is 2.12. The maximum absolute atomic E-state index is 12.6. The van der Waals surface area contributed by atoms with Crippen molar-refractivity contribution >= 4 is 21.6 Å². The number of aromatic nitrogens is 2. The van der Waals surface area contributed by atoms with Crippen LogP contribution in [0.25, 0.3) is 5.65 Å². The Balaban J connectivity index is 1.77. The van der Waals surface area contributed by atoms with Gasteiger partial charge in [0.05, 0.1) is 6.26 Å². The molecule has 0 spiro atoms. The number of pyridine rings is 1. The molecule has 0 N–H and O–H groups in total. The standard InChI is InChI=1S/C14H18N4O3S/c1-22(20,21)18-8-4-7-16(9-10-18)14(19)12-11-17-6-3-2-5-13(17)15-12/h2-3,5-6,11H,4,7-10H2,1H3. The van der Waals surface area contributed by atoms with Gasteiger partial charge in [0.25, 0.3) is 5.91 Å². The van der Waals surface area contributed by atoms with Gasteiger partial charge >= 0.3 is 0 Å². The lowest BCUT2D eigenvalue weighted by Crippen LogP contribution is -2.37. The third kappa shape index (κ3) is 2.97. The van der Waals surface area contributed by atoms with Crippen LogP contribution in [-0.2, 0) is 10.0 Å². The first kappa shape index (κ1) is 15.0. The molecule has 0 aliphatic carbocycles. The van der Waals surface area contributed by atoms with Gasteiger partial charge in [-0.15, -0.1) is 0 Å². The van der Waals surface area contributed by atoms with E-state index in [0.717, 1.165) is 5.65 Å². The SMILES string of the molecule is CS(=O)(=O)N1CCCN(C(=O)c2cn3ccccc3n2)CC1. The summed E-state index contributed by atoms with van der Waals surface area (Å²) in [6.07, 6.45) is 5.38. The Bertz CT molecular complexity index is 766. The highest BCUT2D eigenvalue weighted by atomic mass is 32.2. The Labute approximate surface area is 129 Å². The molecule has 0 atom stereocenters. The van der Waals surface area contributed by atoms with Crippen molar-refractivity contribution in [3.05, 3.63) is 36.3 Å². The van der Waals surface area contributed by atoms with Crippen LogP contribution < -0.4 is 0 Å². The second-order valence-electron chi connectivity index (χ2n) is 5.40. The highest BCUT2D eigenvalue weighted by molar-refractivity contribution is 7.88. The number of nitrogens with zero attached hydrogens (tertiary/aromatic N) is 4. The summed E-state index contributed by atoms with van der Waals surface area (Å²) in [6.45, 7) is 1.71. The predicted octanol–water partition coefficient (Wildman–Crippen LogP) is 0.442. The average Bonchev–Trinajstić information content (AvgIpc) is 2.73. The number of sulfonamides is 1. The van der Waals surface area contributed by atoms with Crippen LogP contribution in [0.15, 0.2) is 30.6 Å². The summed E-state index contributed by atoms with van der Waals surface area (Å²) in [6, 6.07) is 5.58. The van der Waals surface area contributed by atoms with Crippen molar-refractivity contribution < 1.29 is 13.2 Å². The molecular formula is C14H18N4O3S. The number of fused-ring (bicyclic) bond motifs is 1. The minimum Gasteiger partial charge on any atom is -0.336 e. The van der Waals surface area contributed by atoms with Gasteiger partial charge in [-0.25, -0.2) is 17.7 Å². The maximum atomic E-state index is 12.6. The zero-order valence-electron chi connectivity index (χ0n) is 12.3. The topological polar surface area (TPSA) is 75.0 Å². The molecule has 0 aromatic carbocycles. The first-order chi connectivity index (χ1) is 10.4. The van der Waals surface area contributed by atoms with Crippen LogP contribution in [0.2, 0.25) is 0 Å². The van der Waals surface area contributed by atoms with E-state index in [1.807, 2.05) is 24.4 Å². The van der Waals surface area contributed by atoms with Gasteiger partial charge in [0.1, 0.15) is 11.3 Å². The van der Waals surface area contributed by atoms with Gasteiger partial charge in [0, 0.05) is 38.6 Å². The maximum Gasteiger partial charge on any atom is 0.274 e. The molecule has 7 nitrogen and oxygen atoms in total. The second-order valence-corrected chi connectivity index (χ2v) is 7.38. The molecule has 8 heteroatoms. The number of carbonyl (C=O) groups is 1. The molecule has 0 saturated carbocycles. The Kier molecular flexibility index (Phi) is 3.88. The third-order valence-electron chi connectivity index (χ3n) is 3.79. The Morgan fingerprint density at radius 2 is 2.00 bits per heavy atom. The van der Waals surface area contributed by atoms with E-state index in [1.54, 1.807) is 15.5 Å². The number of amides is 1. The largest absolute Gasteiger partial charge is 0.336 e. The van der Waals surface area contributed by atoms with Gasteiger partial charge in [-0.05, 0) is 18.6 Å². The zero-order chi connectivity index (χ0) is 15.7. The second kappa shape index (κ2) is 5.69. The van der Waals surface area contributed by atoms with Gasteiger partial charge in [-0.1, -0.05) is 6.07 Å². The van der Waals surface area contributed by atoms with Crippen LogP contribution in [-0.4, -0.2) is 65.3 Å². The van der Waals surface area contributed by atoms with Crippen LogP contribution in [0, 0.1) is 0 Å². The molecule has 3 heterocycles. The zero-order valence-corrected chi connectivity index (χ0v) is 13.2. The van der Waals surface area contributed by atoms with E-state index in [4.69, 9.17) is 0 Å². The van der Waals surface area contributed by atoms with Gasteiger partial charge < -0.3 is 9.30 Å². The Morgan fingerprint density at radius 3 is 2.73 bits per heavy atom. The monoisotopic (exact) mass is 322 g/mol. The fourth-order valence-electron chi connectivity index (χ4n) is 2.63. The summed E-state index contributed by atoms with van der Waals surface area (Å²) in [5, 5.41) is 0. The van der Waals surface area contributed by atoms with Gasteiger partial charge in [0.2, 0.25) is 10.0 Å². The Morgan fingerprint density at radius 1 is 1.18 bits per heavy atom. The van der Waals surface area contributed by atoms with Gasteiger partial charge in [-0.3, -0.25) is 4.79 Å². The highest BCUT2D eigenvalue weighted by Gasteiger charge is 2.25. The van der Waals surface area contributed by atoms with Crippen LogP contribution in [0.4, 0.5) is 0 Å². The summed E-state index contributed by atoms with van der Waals surface area (Å²) >= 11 is 0. The predicted molar refractivity (Wildman–Crippen MR) is 82.1 cm³/mol. The average molecular weight is 322 g/mol. The quantitative estimate of drug-likeness (QED) is 0.804. The van der Waals surface area contributed by atoms with E-state index in [9.17, 15) is 13.2 Å². The molecular weight excluding hydrogens is 304 g/mol. The minimum absolute atomic E-state index is 0.154. The van der Waals surface area contributed by atoms with Crippen LogP contribution in [0.5, 0.6) is 0 Å². The molecule has 118 valence electrons. The number of carbonyl (C=O) groups excluding carboxylic acids is 1. The lowest BCUT2D eigenvalue weighted by molar-refractivity contribution is 0.0759. The van der Waals surface area contributed by atoms with E-state index < -0.39 is 10.0 Å². The van der Waals surface area contributed by atoms with Crippen molar-refractivity contribution in [1.82, 2.24) is 18.6 Å². The molecule has 2 aromatic rings. The van der Waals surface area contributed by atoms with E-state index in [-0.39, 0.29) is 5.91 Å².